The van der Waals surface area contributed by atoms with E-state index in [9.17, 15) is 0 Å². The summed E-state index contributed by atoms with van der Waals surface area (Å²) in [7, 11) is 0. The Labute approximate surface area is 483 Å². The van der Waals surface area contributed by atoms with Crippen LogP contribution < -0.4 is 30.4 Å². The standard InChI is InChI=1S/C75H84BN3S/c1-68(2,3)45-26-28-46(29-27-45)79-63-40-48(78-59-24-20-18-22-51(59)75(16,17)52-23-19-21-25-60(52)78)39-62-65(63)76(67-66(79)49-41-54-57(44-64(49)80-67)74(14,15)37-34-71(54,8)9)58-42-55-56(73(12,13)36-35-72(55,10)11)43-61(58)77(62)47-30-31-50-53(38-47)70(6,7)33-32-69(50,4)5/h18-31,38-44H,32-37H2,1-17H3. The molecule has 0 unspecified atom stereocenters. The first-order valence-electron chi connectivity index (χ1n) is 30.3. The van der Waals surface area contributed by atoms with Gasteiger partial charge in [-0.2, -0.15) is 0 Å². The van der Waals surface area contributed by atoms with Crippen LogP contribution in [0.25, 0.3) is 10.1 Å². The summed E-state index contributed by atoms with van der Waals surface area (Å²) in [6, 6.07) is 51.8. The predicted molar refractivity (Wildman–Crippen MR) is 347 cm³/mol. The predicted octanol–water partition coefficient (Wildman–Crippen LogP) is 19.4. The number of rotatable bonds is 3. The van der Waals surface area contributed by atoms with E-state index in [-0.39, 0.29) is 50.0 Å². The second-order valence-corrected chi connectivity index (χ2v) is 32.1. The second kappa shape index (κ2) is 16.6. The van der Waals surface area contributed by atoms with Crippen LogP contribution in [-0.4, -0.2) is 6.71 Å². The molecule has 3 nitrogen and oxygen atoms in total. The van der Waals surface area contributed by atoms with E-state index in [1.807, 2.05) is 0 Å². The van der Waals surface area contributed by atoms with Crippen molar-refractivity contribution in [1.29, 1.82) is 0 Å². The van der Waals surface area contributed by atoms with Crippen LogP contribution in [-0.2, 0) is 43.3 Å². The Morgan fingerprint density at radius 1 is 0.388 bits per heavy atom. The fourth-order valence-electron chi connectivity index (χ4n) is 16.0. The molecule has 0 N–H and O–H groups in total. The molecule has 0 atom stereocenters. The van der Waals surface area contributed by atoms with Gasteiger partial charge in [0.2, 0.25) is 0 Å². The van der Waals surface area contributed by atoms with Crippen LogP contribution in [0.5, 0.6) is 0 Å². The summed E-state index contributed by atoms with van der Waals surface area (Å²) in [6.45, 7) is 41.8. The van der Waals surface area contributed by atoms with Gasteiger partial charge in [0, 0.05) is 48.7 Å². The summed E-state index contributed by atoms with van der Waals surface area (Å²) in [5, 5.41) is 1.38. The van der Waals surface area contributed by atoms with E-state index in [4.69, 9.17) is 0 Å². The molecule has 8 aromatic rings. The molecule has 6 aliphatic rings. The Balaban J connectivity index is 1.16. The van der Waals surface area contributed by atoms with E-state index in [0.29, 0.717) is 0 Å². The monoisotopic (exact) mass is 1070 g/mol. The molecular formula is C75H84BN3S. The zero-order valence-corrected chi connectivity index (χ0v) is 52.0. The topological polar surface area (TPSA) is 9.72 Å². The van der Waals surface area contributed by atoms with Gasteiger partial charge in [0.1, 0.15) is 0 Å². The minimum Gasteiger partial charge on any atom is -0.311 e. The van der Waals surface area contributed by atoms with Gasteiger partial charge in [-0.25, -0.2) is 0 Å². The van der Waals surface area contributed by atoms with Gasteiger partial charge in [-0.05, 0) is 204 Å². The lowest BCUT2D eigenvalue weighted by Crippen LogP contribution is -2.61. The summed E-state index contributed by atoms with van der Waals surface area (Å²) < 4.78 is 2.85. The van der Waals surface area contributed by atoms with Gasteiger partial charge in [0.05, 0.1) is 22.7 Å². The van der Waals surface area contributed by atoms with Crippen molar-refractivity contribution in [2.75, 3.05) is 14.7 Å². The third kappa shape index (κ3) is 7.36. The molecule has 408 valence electrons. The van der Waals surface area contributed by atoms with Crippen molar-refractivity contribution >= 4 is 95.0 Å². The number of nitrogens with zero attached hydrogens (tertiary/aromatic N) is 3. The van der Waals surface area contributed by atoms with Crippen molar-refractivity contribution in [1.82, 2.24) is 0 Å². The van der Waals surface area contributed by atoms with E-state index >= 15 is 0 Å². The van der Waals surface area contributed by atoms with Crippen molar-refractivity contribution in [2.45, 2.75) is 200 Å². The van der Waals surface area contributed by atoms with Gasteiger partial charge in [0.15, 0.2) is 0 Å². The Morgan fingerprint density at radius 3 is 1.39 bits per heavy atom. The Morgan fingerprint density at radius 2 is 0.838 bits per heavy atom. The molecular weight excluding hydrogens is 986 g/mol. The molecule has 0 radical (unpaired) electrons. The quantitative estimate of drug-likeness (QED) is 0.163. The number of hydrogen-bond donors (Lipinski definition) is 0. The number of hydrogen-bond acceptors (Lipinski definition) is 4. The summed E-state index contributed by atoms with van der Waals surface area (Å²) in [5.41, 5.74) is 27.4. The smallest absolute Gasteiger partial charge is 0.264 e. The second-order valence-electron chi connectivity index (χ2n) is 31.0. The van der Waals surface area contributed by atoms with Crippen LogP contribution >= 0.6 is 11.3 Å². The van der Waals surface area contributed by atoms with Crippen LogP contribution in [0.4, 0.5) is 51.2 Å². The summed E-state index contributed by atoms with van der Waals surface area (Å²) in [5.74, 6) is 0. The van der Waals surface area contributed by atoms with Gasteiger partial charge in [0.25, 0.3) is 6.71 Å². The molecule has 3 aliphatic carbocycles. The average molecular weight is 1070 g/mol. The number of para-hydroxylation sites is 2. The summed E-state index contributed by atoms with van der Waals surface area (Å²) in [6.07, 6.45) is 7.04. The fraction of sp³-hybridized carbons (Fsp3) is 0.413. The van der Waals surface area contributed by atoms with Crippen molar-refractivity contribution in [3.05, 3.63) is 177 Å². The molecule has 3 aliphatic heterocycles. The van der Waals surface area contributed by atoms with Crippen molar-refractivity contribution in [3.8, 4) is 0 Å². The lowest BCUT2D eigenvalue weighted by molar-refractivity contribution is 0.332. The first kappa shape index (κ1) is 52.1. The first-order chi connectivity index (χ1) is 37.5. The molecule has 0 saturated heterocycles. The highest BCUT2D eigenvalue weighted by Crippen LogP contribution is 2.58. The largest absolute Gasteiger partial charge is 0.311 e. The molecule has 5 heteroatoms. The molecule has 0 spiro atoms. The molecule has 0 saturated carbocycles. The molecule has 80 heavy (non-hydrogen) atoms. The maximum atomic E-state index is 2.76. The highest BCUT2D eigenvalue weighted by molar-refractivity contribution is 7.33. The highest BCUT2D eigenvalue weighted by Gasteiger charge is 2.50. The lowest BCUT2D eigenvalue weighted by Gasteiger charge is -2.48. The Kier molecular flexibility index (Phi) is 10.8. The SMILES string of the molecule is CC(C)(C)c1ccc(N2c3cc(N4c5ccccc5C(C)(C)c5ccccc54)cc4c3B(c3cc5c(cc3N4c3ccc4c(c3)C(C)(C)CCC4(C)C)C(C)(C)CCC5(C)C)c3sc4cc5c(cc4c32)C(C)(C)CCC5(C)C)cc1. The maximum Gasteiger partial charge on any atom is 0.264 e. The average Bonchev–Trinajstić information content (AvgIpc) is 1.74. The van der Waals surface area contributed by atoms with Gasteiger partial charge in [-0.3, -0.25) is 0 Å². The van der Waals surface area contributed by atoms with Crippen molar-refractivity contribution < 1.29 is 0 Å². The van der Waals surface area contributed by atoms with E-state index < -0.39 is 0 Å². The zero-order chi connectivity index (χ0) is 56.4. The molecule has 14 rings (SSSR count). The molecule has 0 fully saturated rings. The number of benzene rings is 7. The van der Waals surface area contributed by atoms with Gasteiger partial charge in [-0.1, -0.05) is 178 Å². The third-order valence-electron chi connectivity index (χ3n) is 21.6. The minimum absolute atomic E-state index is 0.00477. The Bertz CT molecular complexity index is 3890. The van der Waals surface area contributed by atoms with E-state index in [1.54, 1.807) is 0 Å². The number of thiophene rings is 1. The van der Waals surface area contributed by atoms with Crippen LogP contribution in [0.1, 0.15) is 206 Å². The van der Waals surface area contributed by atoms with Crippen LogP contribution in [0.15, 0.2) is 127 Å². The van der Waals surface area contributed by atoms with Gasteiger partial charge in [-0.15, -0.1) is 11.3 Å². The molecule has 1 aromatic heterocycles. The van der Waals surface area contributed by atoms with Gasteiger partial charge < -0.3 is 14.7 Å². The lowest BCUT2D eigenvalue weighted by atomic mass is 9.35. The van der Waals surface area contributed by atoms with Crippen molar-refractivity contribution in [3.63, 3.8) is 0 Å². The van der Waals surface area contributed by atoms with E-state index in [1.165, 1.54) is 153 Å². The van der Waals surface area contributed by atoms with E-state index in [0.717, 1.165) is 12.8 Å². The number of anilines is 9. The summed E-state index contributed by atoms with van der Waals surface area (Å²) >= 11 is 2.08. The van der Waals surface area contributed by atoms with Crippen LogP contribution in [0.2, 0.25) is 0 Å². The van der Waals surface area contributed by atoms with Crippen LogP contribution in [0.3, 0.4) is 0 Å². The fourth-order valence-corrected chi connectivity index (χ4v) is 17.4. The van der Waals surface area contributed by atoms with Gasteiger partial charge >= 0.3 is 0 Å². The Hall–Kier alpha value is -6.04. The normalized spacial score (nSPS) is 20.6. The molecule has 0 bridgehead atoms. The molecule has 4 heterocycles. The molecule has 0 amide bonds. The molecule has 7 aromatic carbocycles. The third-order valence-corrected chi connectivity index (χ3v) is 22.8. The van der Waals surface area contributed by atoms with E-state index in [2.05, 4.69) is 271 Å². The van der Waals surface area contributed by atoms with Crippen molar-refractivity contribution in [2.24, 2.45) is 0 Å². The highest BCUT2D eigenvalue weighted by atomic mass is 32.1. The van der Waals surface area contributed by atoms with Crippen LogP contribution in [0, 0.1) is 0 Å². The first-order valence-corrected chi connectivity index (χ1v) is 31.2. The maximum absolute atomic E-state index is 2.76. The number of fused-ring (bicyclic) bond motifs is 11. The zero-order valence-electron chi connectivity index (χ0n) is 51.2. The summed E-state index contributed by atoms with van der Waals surface area (Å²) in [4.78, 5) is 8.12. The minimum atomic E-state index is -0.196.